The summed E-state index contributed by atoms with van der Waals surface area (Å²) in [4.78, 5) is 16.7. The Morgan fingerprint density at radius 2 is 2.00 bits per heavy atom. The fourth-order valence-electron chi connectivity index (χ4n) is 2.41. The third-order valence-electron chi connectivity index (χ3n) is 3.76. The Morgan fingerprint density at radius 1 is 1.19 bits per heavy atom. The molecule has 2 N–H and O–H groups in total. The van der Waals surface area contributed by atoms with Gasteiger partial charge in [-0.2, -0.15) is 0 Å². The lowest BCUT2D eigenvalue weighted by Crippen LogP contribution is -2.15. The second kappa shape index (κ2) is 8.46. The van der Waals surface area contributed by atoms with Gasteiger partial charge in [0.1, 0.15) is 23.0 Å². The van der Waals surface area contributed by atoms with Crippen LogP contribution in [0.2, 0.25) is 5.02 Å². The largest absolute Gasteiger partial charge is 0.495 e. The summed E-state index contributed by atoms with van der Waals surface area (Å²) >= 11 is 6.09. The van der Waals surface area contributed by atoms with Gasteiger partial charge in [0.2, 0.25) is 0 Å². The molecule has 27 heavy (non-hydrogen) atoms. The van der Waals surface area contributed by atoms with Gasteiger partial charge < -0.3 is 24.5 Å². The van der Waals surface area contributed by atoms with E-state index in [1.807, 2.05) is 12.1 Å². The van der Waals surface area contributed by atoms with Crippen molar-refractivity contribution in [3.05, 3.63) is 65.3 Å². The smallest absolute Gasteiger partial charge is 0.274 e. The van der Waals surface area contributed by atoms with Crippen LogP contribution in [0.5, 0.6) is 11.5 Å². The van der Waals surface area contributed by atoms with Crippen LogP contribution in [-0.2, 0) is 6.54 Å². The predicted octanol–water partition coefficient (Wildman–Crippen LogP) is 4.21. The summed E-state index contributed by atoms with van der Waals surface area (Å²) in [5.41, 5.74) is 1.42. The quantitative estimate of drug-likeness (QED) is 0.631. The van der Waals surface area contributed by atoms with Crippen molar-refractivity contribution in [2.45, 2.75) is 6.54 Å². The number of methoxy groups -OCH3 is 2. The Kier molecular flexibility index (Phi) is 5.83. The third-order valence-corrected chi connectivity index (χ3v) is 4.06. The van der Waals surface area contributed by atoms with E-state index in [-0.39, 0.29) is 11.6 Å². The van der Waals surface area contributed by atoms with Crippen LogP contribution in [0.4, 0.5) is 11.4 Å². The third kappa shape index (κ3) is 4.51. The summed E-state index contributed by atoms with van der Waals surface area (Å²) in [5, 5.41) is 6.33. The minimum Gasteiger partial charge on any atom is -0.495 e. The molecule has 8 heteroatoms. The summed E-state index contributed by atoms with van der Waals surface area (Å²) in [6, 6.07) is 10.3. The van der Waals surface area contributed by atoms with Crippen molar-refractivity contribution in [1.29, 1.82) is 0 Å². The van der Waals surface area contributed by atoms with Gasteiger partial charge in [0.05, 0.1) is 37.7 Å². The first-order chi connectivity index (χ1) is 13.1. The molecule has 7 nitrogen and oxygen atoms in total. The van der Waals surface area contributed by atoms with Gasteiger partial charge in [-0.1, -0.05) is 11.6 Å². The highest BCUT2D eigenvalue weighted by Gasteiger charge is 2.15. The van der Waals surface area contributed by atoms with Crippen molar-refractivity contribution in [3.8, 4) is 11.5 Å². The lowest BCUT2D eigenvalue weighted by molar-refractivity contribution is 0.102. The topological polar surface area (TPSA) is 85.6 Å². The monoisotopic (exact) mass is 387 g/mol. The molecule has 0 fully saturated rings. The van der Waals surface area contributed by atoms with Crippen LogP contribution in [0.25, 0.3) is 0 Å². The highest BCUT2D eigenvalue weighted by atomic mass is 35.5. The van der Waals surface area contributed by atoms with E-state index in [1.165, 1.54) is 14.2 Å². The first-order valence-corrected chi connectivity index (χ1v) is 8.43. The van der Waals surface area contributed by atoms with E-state index in [0.29, 0.717) is 28.8 Å². The van der Waals surface area contributed by atoms with Crippen molar-refractivity contribution in [3.63, 3.8) is 0 Å². The second-order valence-electron chi connectivity index (χ2n) is 5.50. The fourth-order valence-corrected chi connectivity index (χ4v) is 2.64. The van der Waals surface area contributed by atoms with Gasteiger partial charge in [-0.25, -0.2) is 0 Å². The number of rotatable bonds is 7. The van der Waals surface area contributed by atoms with Crippen LogP contribution in [0.1, 0.15) is 16.2 Å². The first-order valence-electron chi connectivity index (χ1n) is 8.06. The van der Waals surface area contributed by atoms with E-state index in [9.17, 15) is 4.79 Å². The lowest BCUT2D eigenvalue weighted by atomic mass is 10.2. The molecule has 2 heterocycles. The lowest BCUT2D eigenvalue weighted by Gasteiger charge is -2.13. The molecule has 3 rings (SSSR count). The Bertz CT molecular complexity index is 929. The number of ether oxygens (including phenoxy) is 2. The zero-order valence-electron chi connectivity index (χ0n) is 14.8. The predicted molar refractivity (Wildman–Crippen MR) is 103 cm³/mol. The number of nitrogens with one attached hydrogen (secondary N) is 2. The maximum atomic E-state index is 12.6. The fraction of sp³-hybridized carbons (Fsp3) is 0.158. The SMILES string of the molecule is COc1cc(NC(=O)c2cc(NCc3ccco3)ccn2)c(OC)cc1Cl. The standard InChI is InChI=1S/C19H18ClN3O4/c1-25-17-10-15(18(26-2)9-14(17)20)23-19(24)16-8-12(5-6-21-16)22-11-13-4-3-7-27-13/h3-10H,11H2,1-2H3,(H,21,22)(H,23,24). The van der Waals surface area contributed by atoms with E-state index in [4.69, 9.17) is 25.5 Å². The van der Waals surface area contributed by atoms with Crippen LogP contribution in [-0.4, -0.2) is 25.1 Å². The van der Waals surface area contributed by atoms with Crippen molar-refractivity contribution in [2.75, 3.05) is 24.9 Å². The number of halogens is 1. The van der Waals surface area contributed by atoms with Crippen molar-refractivity contribution < 1.29 is 18.7 Å². The number of carbonyl (C=O) groups is 1. The average molecular weight is 388 g/mol. The molecule has 3 aromatic rings. The molecule has 1 amide bonds. The minimum absolute atomic E-state index is 0.246. The van der Waals surface area contributed by atoms with E-state index >= 15 is 0 Å². The maximum absolute atomic E-state index is 12.6. The Hall–Kier alpha value is -3.19. The van der Waals surface area contributed by atoms with E-state index in [0.717, 1.165) is 11.4 Å². The van der Waals surface area contributed by atoms with Gasteiger partial charge >= 0.3 is 0 Å². The van der Waals surface area contributed by atoms with Crippen molar-refractivity contribution in [2.24, 2.45) is 0 Å². The molecule has 140 valence electrons. The van der Waals surface area contributed by atoms with Crippen LogP contribution in [0.3, 0.4) is 0 Å². The number of pyridine rings is 1. The zero-order chi connectivity index (χ0) is 19.2. The minimum atomic E-state index is -0.390. The zero-order valence-corrected chi connectivity index (χ0v) is 15.5. The molecule has 0 saturated heterocycles. The number of carbonyl (C=O) groups excluding carboxylic acids is 1. The summed E-state index contributed by atoms with van der Waals surface area (Å²) in [5.74, 6) is 1.24. The molecule has 0 aliphatic carbocycles. The van der Waals surface area contributed by atoms with E-state index in [2.05, 4.69) is 15.6 Å². The highest BCUT2D eigenvalue weighted by molar-refractivity contribution is 6.32. The van der Waals surface area contributed by atoms with Gasteiger partial charge in [0.15, 0.2) is 0 Å². The number of amides is 1. The number of benzene rings is 1. The summed E-state index contributed by atoms with van der Waals surface area (Å²) in [6.07, 6.45) is 3.16. The van der Waals surface area contributed by atoms with E-state index < -0.39 is 0 Å². The van der Waals surface area contributed by atoms with Gasteiger partial charge in [-0.3, -0.25) is 9.78 Å². The number of hydrogen-bond donors (Lipinski definition) is 2. The molecule has 2 aromatic heterocycles. The maximum Gasteiger partial charge on any atom is 0.274 e. The molecule has 0 aliphatic heterocycles. The van der Waals surface area contributed by atoms with Crippen molar-refractivity contribution >= 4 is 28.9 Å². The first kappa shape index (κ1) is 18.6. The summed E-state index contributed by atoms with van der Waals surface area (Å²) in [7, 11) is 2.99. The normalized spacial score (nSPS) is 10.3. The van der Waals surface area contributed by atoms with Crippen LogP contribution in [0, 0.1) is 0 Å². The van der Waals surface area contributed by atoms with Gasteiger partial charge in [-0.05, 0) is 24.3 Å². The van der Waals surface area contributed by atoms with Crippen molar-refractivity contribution in [1.82, 2.24) is 4.98 Å². The van der Waals surface area contributed by atoms with Crippen LogP contribution >= 0.6 is 11.6 Å². The Labute approximate surface area is 161 Å². The van der Waals surface area contributed by atoms with Gasteiger partial charge in [0.25, 0.3) is 5.91 Å². The van der Waals surface area contributed by atoms with Crippen LogP contribution < -0.4 is 20.1 Å². The molecule has 0 aliphatic rings. The Morgan fingerprint density at radius 3 is 2.70 bits per heavy atom. The summed E-state index contributed by atoms with van der Waals surface area (Å²) in [6.45, 7) is 0.500. The molecule has 0 saturated carbocycles. The average Bonchev–Trinajstić information content (AvgIpc) is 3.21. The number of aromatic nitrogens is 1. The molecule has 1 aromatic carbocycles. The molecule has 0 bridgehead atoms. The highest BCUT2D eigenvalue weighted by Crippen LogP contribution is 2.36. The number of nitrogens with zero attached hydrogens (tertiary/aromatic N) is 1. The van der Waals surface area contributed by atoms with E-state index in [1.54, 1.807) is 36.7 Å². The molecule has 0 unspecified atom stereocenters. The molecular weight excluding hydrogens is 370 g/mol. The summed E-state index contributed by atoms with van der Waals surface area (Å²) < 4.78 is 15.7. The number of anilines is 2. The number of hydrogen-bond acceptors (Lipinski definition) is 6. The molecular formula is C19H18ClN3O4. The second-order valence-corrected chi connectivity index (χ2v) is 5.91. The molecule has 0 atom stereocenters. The Balaban J connectivity index is 1.75. The molecule has 0 spiro atoms. The van der Waals surface area contributed by atoms with Gasteiger partial charge in [-0.15, -0.1) is 0 Å². The molecule has 0 radical (unpaired) electrons. The van der Waals surface area contributed by atoms with Crippen LogP contribution in [0.15, 0.2) is 53.3 Å². The number of furan rings is 1. The van der Waals surface area contributed by atoms with Gasteiger partial charge in [0, 0.05) is 24.0 Å².